The zero-order valence-corrected chi connectivity index (χ0v) is 26.8. The first-order valence-electron chi connectivity index (χ1n) is 15.3. The first-order chi connectivity index (χ1) is 21.4. The Morgan fingerprint density at radius 1 is 1.02 bits per heavy atom. The molecule has 12 heteroatoms. The maximum Gasteiger partial charge on any atom is 0.253 e. The molecule has 236 valence electrons. The molecule has 2 N–H and O–H groups in total. The largest absolute Gasteiger partial charge is 0.345 e. The van der Waals surface area contributed by atoms with Crippen molar-refractivity contribution in [1.82, 2.24) is 40.6 Å². The van der Waals surface area contributed by atoms with Crippen LogP contribution in [-0.2, 0) is 23.1 Å². The van der Waals surface area contributed by atoms with Gasteiger partial charge in [0.1, 0.15) is 5.54 Å². The van der Waals surface area contributed by atoms with E-state index in [1.54, 1.807) is 42.9 Å². The first kappa shape index (κ1) is 31.8. The second-order valence-electron chi connectivity index (χ2n) is 12.8. The third-order valence-corrected chi connectivity index (χ3v) is 9.22. The van der Waals surface area contributed by atoms with Crippen molar-refractivity contribution in [3.05, 3.63) is 75.6 Å². The highest BCUT2D eigenvalue weighted by Crippen LogP contribution is 2.47. The van der Waals surface area contributed by atoms with Gasteiger partial charge in [-0.05, 0) is 92.5 Å². The van der Waals surface area contributed by atoms with E-state index < -0.39 is 11.0 Å². The predicted molar refractivity (Wildman–Crippen MR) is 167 cm³/mol. The van der Waals surface area contributed by atoms with Crippen LogP contribution in [-0.4, -0.2) is 106 Å². The Kier molecular flexibility index (Phi) is 8.76. The summed E-state index contributed by atoms with van der Waals surface area (Å²) >= 11 is 0. The fourth-order valence-corrected chi connectivity index (χ4v) is 6.89. The van der Waals surface area contributed by atoms with Gasteiger partial charge in [0.05, 0.1) is 18.0 Å². The molecule has 1 saturated heterocycles. The van der Waals surface area contributed by atoms with Crippen molar-refractivity contribution in [3.63, 3.8) is 0 Å². The van der Waals surface area contributed by atoms with Crippen molar-refractivity contribution >= 4 is 17.7 Å². The number of aryl methyl sites for hydroxylation is 2. The third-order valence-electron chi connectivity index (χ3n) is 9.22. The van der Waals surface area contributed by atoms with Crippen molar-refractivity contribution in [3.8, 4) is 6.07 Å². The van der Waals surface area contributed by atoms with Crippen molar-refractivity contribution in [2.24, 2.45) is 0 Å². The summed E-state index contributed by atoms with van der Waals surface area (Å²) in [6.07, 6.45) is 3.19. The molecule has 3 amide bonds. The molecule has 0 radical (unpaired) electrons. The number of nitriles is 1. The number of nitrogens with zero attached hydrogens (tertiary/aromatic N) is 7. The lowest BCUT2D eigenvalue weighted by Gasteiger charge is -2.36. The molecule has 1 fully saturated rings. The van der Waals surface area contributed by atoms with Crippen LogP contribution in [0.25, 0.3) is 0 Å². The smallest absolute Gasteiger partial charge is 0.253 e. The highest BCUT2D eigenvalue weighted by molar-refractivity contribution is 5.95. The molecular weight excluding hydrogens is 570 g/mol. The molecule has 1 aliphatic heterocycles. The SMILES string of the molecule is C[C@@H](CC1(c2nn[nH]n2)c2ccc(C(=O)N(C)C)cc2CCc2cc(C(=O)N(C)C)ccc21)NCC(=O)N1CCCC1(C)C#N. The number of benzene rings is 2. The minimum atomic E-state index is -0.919. The van der Waals surface area contributed by atoms with Crippen LogP contribution in [0.5, 0.6) is 0 Å². The van der Waals surface area contributed by atoms with Gasteiger partial charge in [-0.3, -0.25) is 14.4 Å². The minimum absolute atomic E-state index is 0.0764. The molecule has 1 unspecified atom stereocenters. The molecule has 0 bridgehead atoms. The van der Waals surface area contributed by atoms with Gasteiger partial charge < -0.3 is 20.0 Å². The maximum absolute atomic E-state index is 13.3. The van der Waals surface area contributed by atoms with Crippen LogP contribution in [0.1, 0.15) is 81.9 Å². The first-order valence-corrected chi connectivity index (χ1v) is 15.3. The van der Waals surface area contributed by atoms with Crippen LogP contribution in [0.3, 0.4) is 0 Å². The molecule has 45 heavy (non-hydrogen) atoms. The van der Waals surface area contributed by atoms with Crippen molar-refractivity contribution in [2.75, 3.05) is 41.3 Å². The summed E-state index contributed by atoms with van der Waals surface area (Å²) in [6, 6.07) is 13.6. The number of carbonyl (C=O) groups is 3. The molecule has 2 aromatic carbocycles. The number of hydrogen-bond donors (Lipinski definition) is 2. The lowest BCUT2D eigenvalue weighted by molar-refractivity contribution is -0.132. The standard InChI is InChI=1S/C33H41N9O3/c1-21(35-19-28(43)42-15-7-14-32(42,2)20-34)18-33(31-36-38-39-37-31)26-12-10-24(29(44)40(3)4)16-22(26)8-9-23-17-25(11-13-27(23)33)30(45)41(5)6/h10-13,16-17,21,35H,7-9,14-15,18-19H2,1-6H3,(H,36,37,38,39)/t21-,32?/m0/s1. The fourth-order valence-electron chi connectivity index (χ4n) is 6.89. The van der Waals surface area contributed by atoms with Gasteiger partial charge in [0.2, 0.25) is 5.91 Å². The molecule has 1 aromatic heterocycles. The molecule has 0 saturated carbocycles. The van der Waals surface area contributed by atoms with Crippen LogP contribution < -0.4 is 5.32 Å². The van der Waals surface area contributed by atoms with Gasteiger partial charge in [0.15, 0.2) is 5.82 Å². The van der Waals surface area contributed by atoms with Crippen LogP contribution in [0.2, 0.25) is 0 Å². The summed E-state index contributed by atoms with van der Waals surface area (Å²) < 4.78 is 0. The second kappa shape index (κ2) is 12.4. The summed E-state index contributed by atoms with van der Waals surface area (Å²) in [5, 5.41) is 28.8. The van der Waals surface area contributed by atoms with Gasteiger partial charge in [-0.1, -0.05) is 17.3 Å². The van der Waals surface area contributed by atoms with Gasteiger partial charge in [0.25, 0.3) is 11.8 Å². The average Bonchev–Trinajstić information content (AvgIpc) is 3.69. The van der Waals surface area contributed by atoms with E-state index in [0.29, 0.717) is 49.2 Å². The number of carbonyl (C=O) groups excluding carboxylic acids is 3. The molecule has 12 nitrogen and oxygen atoms in total. The van der Waals surface area contributed by atoms with Gasteiger partial charge in [0, 0.05) is 51.9 Å². The quantitative estimate of drug-likeness (QED) is 0.394. The number of amides is 3. The fraction of sp³-hybridized carbons (Fsp3) is 0.485. The summed E-state index contributed by atoms with van der Waals surface area (Å²) in [7, 11) is 6.92. The molecule has 5 rings (SSSR count). The van der Waals surface area contributed by atoms with E-state index in [-0.39, 0.29) is 30.3 Å². The number of likely N-dealkylation sites (tertiary alicyclic amines) is 1. The van der Waals surface area contributed by atoms with E-state index in [9.17, 15) is 19.6 Å². The zero-order chi connectivity index (χ0) is 32.5. The average molecular weight is 612 g/mol. The van der Waals surface area contributed by atoms with Crippen molar-refractivity contribution < 1.29 is 14.4 Å². The van der Waals surface area contributed by atoms with Gasteiger partial charge in [-0.25, -0.2) is 0 Å². The van der Waals surface area contributed by atoms with Crippen LogP contribution in [0.15, 0.2) is 36.4 Å². The Bertz CT molecular complexity index is 1570. The number of fused-ring (bicyclic) bond motifs is 2. The third kappa shape index (κ3) is 5.80. The van der Waals surface area contributed by atoms with Crippen LogP contribution in [0.4, 0.5) is 0 Å². The van der Waals surface area contributed by atoms with Gasteiger partial charge in [-0.15, -0.1) is 10.2 Å². The summed E-state index contributed by atoms with van der Waals surface area (Å²) in [4.78, 5) is 44.0. The topological polar surface area (TPSA) is 151 Å². The van der Waals surface area contributed by atoms with Gasteiger partial charge in [-0.2, -0.15) is 10.5 Å². The number of tetrazole rings is 1. The molecular formula is C33H41N9O3. The predicted octanol–water partition coefficient (Wildman–Crippen LogP) is 2.31. The Hall–Kier alpha value is -4.63. The maximum atomic E-state index is 13.3. The van der Waals surface area contributed by atoms with Crippen molar-refractivity contribution in [1.29, 1.82) is 5.26 Å². The van der Waals surface area contributed by atoms with E-state index >= 15 is 0 Å². The lowest BCUT2D eigenvalue weighted by Crippen LogP contribution is -2.49. The van der Waals surface area contributed by atoms with E-state index in [1.165, 1.54) is 0 Å². The Morgan fingerprint density at radius 3 is 2.09 bits per heavy atom. The van der Waals surface area contributed by atoms with Crippen LogP contribution >= 0.6 is 0 Å². The summed E-state index contributed by atoms with van der Waals surface area (Å²) in [5.41, 5.74) is 3.30. The minimum Gasteiger partial charge on any atom is -0.345 e. The Balaban J connectivity index is 1.60. The number of aromatic amines is 1. The summed E-state index contributed by atoms with van der Waals surface area (Å²) in [6.45, 7) is 4.47. The van der Waals surface area contributed by atoms with Crippen molar-refractivity contribution in [2.45, 2.75) is 62.9 Å². The highest BCUT2D eigenvalue weighted by atomic mass is 16.2. The molecule has 2 heterocycles. The number of rotatable bonds is 8. The van der Waals surface area contributed by atoms with Crippen LogP contribution in [0, 0.1) is 11.3 Å². The normalized spacial score (nSPS) is 19.1. The monoisotopic (exact) mass is 611 g/mol. The molecule has 3 aromatic rings. The zero-order valence-electron chi connectivity index (χ0n) is 26.8. The second-order valence-corrected chi connectivity index (χ2v) is 12.8. The molecule has 0 spiro atoms. The van der Waals surface area contributed by atoms with E-state index in [1.807, 2.05) is 50.2 Å². The molecule has 1 aliphatic carbocycles. The Morgan fingerprint density at radius 2 is 1.60 bits per heavy atom. The lowest BCUT2D eigenvalue weighted by atomic mass is 9.67. The van der Waals surface area contributed by atoms with E-state index in [2.05, 4.69) is 32.0 Å². The number of nitrogens with one attached hydrogen (secondary N) is 2. The number of H-pyrrole nitrogens is 1. The molecule has 2 atom stereocenters. The van der Waals surface area contributed by atoms with E-state index in [4.69, 9.17) is 0 Å². The van der Waals surface area contributed by atoms with Gasteiger partial charge >= 0.3 is 0 Å². The Labute approximate surface area is 263 Å². The highest BCUT2D eigenvalue weighted by Gasteiger charge is 2.46. The number of hydrogen-bond acceptors (Lipinski definition) is 8. The summed E-state index contributed by atoms with van der Waals surface area (Å²) in [5.74, 6) is 0.158. The molecule has 2 aliphatic rings. The number of aromatic nitrogens is 4. The van der Waals surface area contributed by atoms with E-state index in [0.717, 1.165) is 28.7 Å².